The van der Waals surface area contributed by atoms with E-state index in [-0.39, 0.29) is 24.4 Å². The van der Waals surface area contributed by atoms with E-state index >= 15 is 0 Å². The van der Waals surface area contributed by atoms with Gasteiger partial charge < -0.3 is 24.8 Å². The predicted molar refractivity (Wildman–Crippen MR) is 126 cm³/mol. The number of hydrogen-bond donors (Lipinski definition) is 2. The summed E-state index contributed by atoms with van der Waals surface area (Å²) in [5, 5.41) is 17.8. The highest BCUT2D eigenvalue weighted by atomic mass is 19.4. The van der Waals surface area contributed by atoms with Gasteiger partial charge in [-0.05, 0) is 63.9 Å². The second kappa shape index (κ2) is 9.49. The first-order valence-corrected chi connectivity index (χ1v) is 11.4. The van der Waals surface area contributed by atoms with E-state index in [4.69, 9.17) is 4.74 Å². The van der Waals surface area contributed by atoms with Gasteiger partial charge in [0.2, 0.25) is 0 Å². The number of hydrogen-bond acceptors (Lipinski definition) is 7. The molecule has 12 heteroatoms. The second-order valence-corrected chi connectivity index (χ2v) is 9.67. The number of alkyl halides is 3. The van der Waals surface area contributed by atoms with E-state index in [9.17, 15) is 23.1 Å². The number of pyridine rings is 1. The van der Waals surface area contributed by atoms with E-state index in [1.807, 2.05) is 18.0 Å². The summed E-state index contributed by atoms with van der Waals surface area (Å²) in [7, 11) is 1.91. The third-order valence-corrected chi connectivity index (χ3v) is 5.75. The zero-order valence-corrected chi connectivity index (χ0v) is 20.3. The van der Waals surface area contributed by atoms with E-state index in [0.717, 1.165) is 5.69 Å². The van der Waals surface area contributed by atoms with Gasteiger partial charge in [-0.2, -0.15) is 5.10 Å². The number of aliphatic hydroxyl groups is 1. The molecule has 4 rings (SSSR count). The molecule has 1 amide bonds. The largest absolute Gasteiger partial charge is 0.573 e. The standard InChI is InChI=1S/C24H28F3N5O4/c1-23(2,3)36-22(34)29-13-18-20-19(31(4)15-11-16(33)12-15)9-10-28-21(20)32(30-18)14-5-7-17(8-6-14)35-24(25,26)27/h5-10,15-16,33H,11-13H2,1-4H3,(H,29,34). The average molecular weight is 508 g/mol. The summed E-state index contributed by atoms with van der Waals surface area (Å²) in [6, 6.07) is 7.23. The van der Waals surface area contributed by atoms with Crippen molar-refractivity contribution in [3.8, 4) is 11.4 Å². The first kappa shape index (κ1) is 25.5. The first-order chi connectivity index (χ1) is 16.8. The van der Waals surface area contributed by atoms with Crippen LogP contribution in [-0.2, 0) is 11.3 Å². The molecule has 1 aliphatic rings. The molecule has 1 aromatic carbocycles. The molecule has 0 bridgehead atoms. The van der Waals surface area contributed by atoms with Crippen LogP contribution in [0.4, 0.5) is 23.7 Å². The molecule has 2 heterocycles. The minimum atomic E-state index is -4.80. The molecule has 0 saturated heterocycles. The normalized spacial score (nSPS) is 18.0. The minimum Gasteiger partial charge on any atom is -0.444 e. The lowest BCUT2D eigenvalue weighted by Gasteiger charge is -2.40. The van der Waals surface area contributed by atoms with E-state index in [1.54, 1.807) is 27.0 Å². The molecular weight excluding hydrogens is 479 g/mol. The molecule has 3 aromatic rings. The molecule has 0 aliphatic heterocycles. The molecule has 1 aliphatic carbocycles. The minimum absolute atomic E-state index is 0.0352. The number of carbonyl (C=O) groups excluding carboxylic acids is 1. The van der Waals surface area contributed by atoms with Gasteiger partial charge in [0.05, 0.1) is 35.1 Å². The summed E-state index contributed by atoms with van der Waals surface area (Å²) in [4.78, 5) is 18.8. The SMILES string of the molecule is CN(c1ccnc2c1c(CNC(=O)OC(C)(C)C)nn2-c1ccc(OC(F)(F)F)cc1)C1CC(O)C1. The second-order valence-electron chi connectivity index (χ2n) is 9.67. The topological polar surface area (TPSA) is 102 Å². The Labute approximate surface area is 205 Å². The van der Waals surface area contributed by atoms with Gasteiger partial charge >= 0.3 is 12.5 Å². The Morgan fingerprint density at radius 3 is 2.44 bits per heavy atom. The van der Waals surface area contributed by atoms with Gasteiger partial charge in [-0.1, -0.05) is 0 Å². The number of aromatic nitrogens is 3. The highest BCUT2D eigenvalue weighted by molar-refractivity contribution is 5.93. The molecule has 0 unspecified atom stereocenters. The number of rotatable bonds is 6. The van der Waals surface area contributed by atoms with Gasteiger partial charge in [-0.15, -0.1) is 13.2 Å². The van der Waals surface area contributed by atoms with Crippen LogP contribution in [0.5, 0.6) is 5.75 Å². The van der Waals surface area contributed by atoms with Crippen molar-refractivity contribution >= 4 is 22.8 Å². The monoisotopic (exact) mass is 507 g/mol. The number of benzene rings is 1. The zero-order chi connectivity index (χ0) is 26.3. The summed E-state index contributed by atoms with van der Waals surface area (Å²) in [6.45, 7) is 5.31. The molecule has 194 valence electrons. The van der Waals surface area contributed by atoms with Crippen molar-refractivity contribution in [3.05, 3.63) is 42.2 Å². The molecule has 9 nitrogen and oxygen atoms in total. The summed E-state index contributed by atoms with van der Waals surface area (Å²) >= 11 is 0. The molecule has 0 atom stereocenters. The molecule has 2 aromatic heterocycles. The third kappa shape index (κ3) is 5.81. The van der Waals surface area contributed by atoms with Crippen molar-refractivity contribution in [1.82, 2.24) is 20.1 Å². The number of alkyl carbamates (subject to hydrolysis) is 1. The van der Waals surface area contributed by atoms with Crippen LogP contribution in [0, 0.1) is 0 Å². The van der Waals surface area contributed by atoms with E-state index < -0.39 is 18.1 Å². The number of nitrogens with one attached hydrogen (secondary N) is 1. The van der Waals surface area contributed by atoms with Crippen LogP contribution in [0.1, 0.15) is 39.3 Å². The van der Waals surface area contributed by atoms with Gasteiger partial charge in [-0.3, -0.25) is 0 Å². The quantitative estimate of drug-likeness (QED) is 0.513. The van der Waals surface area contributed by atoms with E-state index in [1.165, 1.54) is 28.9 Å². The maximum atomic E-state index is 12.6. The molecular formula is C24H28F3N5O4. The lowest BCUT2D eigenvalue weighted by Crippen LogP contribution is -2.45. The van der Waals surface area contributed by atoms with Crippen molar-refractivity contribution in [3.63, 3.8) is 0 Å². The van der Waals surface area contributed by atoms with Gasteiger partial charge in [0.1, 0.15) is 11.4 Å². The van der Waals surface area contributed by atoms with Crippen molar-refractivity contribution in [2.75, 3.05) is 11.9 Å². The number of nitrogens with zero attached hydrogens (tertiary/aromatic N) is 4. The van der Waals surface area contributed by atoms with Crippen LogP contribution in [-0.4, -0.2) is 57.1 Å². The van der Waals surface area contributed by atoms with Crippen LogP contribution >= 0.6 is 0 Å². The third-order valence-electron chi connectivity index (χ3n) is 5.75. The summed E-state index contributed by atoms with van der Waals surface area (Å²) < 4.78 is 48.5. The van der Waals surface area contributed by atoms with Crippen molar-refractivity contribution in [1.29, 1.82) is 0 Å². The van der Waals surface area contributed by atoms with Gasteiger partial charge in [0.15, 0.2) is 5.65 Å². The molecule has 2 N–H and O–H groups in total. The van der Waals surface area contributed by atoms with E-state index in [0.29, 0.717) is 35.3 Å². The molecule has 1 saturated carbocycles. The fourth-order valence-electron chi connectivity index (χ4n) is 4.03. The van der Waals surface area contributed by atoms with E-state index in [2.05, 4.69) is 20.1 Å². The highest BCUT2D eigenvalue weighted by Crippen LogP contribution is 2.35. The molecule has 0 spiro atoms. The zero-order valence-electron chi connectivity index (χ0n) is 20.3. The van der Waals surface area contributed by atoms with Crippen LogP contribution < -0.4 is 15.0 Å². The fraction of sp³-hybridized carbons (Fsp3) is 0.458. The smallest absolute Gasteiger partial charge is 0.444 e. The summed E-state index contributed by atoms with van der Waals surface area (Å²) in [6.07, 6.45) is -2.88. The Kier molecular flexibility index (Phi) is 6.74. The van der Waals surface area contributed by atoms with Crippen LogP contribution in [0.15, 0.2) is 36.5 Å². The summed E-state index contributed by atoms with van der Waals surface area (Å²) in [5.74, 6) is -0.355. The maximum Gasteiger partial charge on any atom is 0.573 e. The lowest BCUT2D eigenvalue weighted by atomic mass is 9.88. The number of ether oxygens (including phenoxy) is 2. The van der Waals surface area contributed by atoms with Crippen molar-refractivity contribution in [2.45, 2.75) is 64.3 Å². The average Bonchev–Trinajstić information content (AvgIpc) is 3.12. The van der Waals surface area contributed by atoms with Crippen LogP contribution in [0.2, 0.25) is 0 Å². The number of anilines is 1. The number of carbonyl (C=O) groups is 1. The molecule has 1 fully saturated rings. The summed E-state index contributed by atoms with van der Waals surface area (Å²) in [5.41, 5.74) is 1.56. The number of halogens is 3. The number of aliphatic hydroxyl groups excluding tert-OH is 1. The van der Waals surface area contributed by atoms with Crippen molar-refractivity contribution in [2.24, 2.45) is 0 Å². The Morgan fingerprint density at radius 1 is 1.19 bits per heavy atom. The Morgan fingerprint density at radius 2 is 1.86 bits per heavy atom. The molecule has 0 radical (unpaired) electrons. The van der Waals surface area contributed by atoms with Crippen LogP contribution in [0.25, 0.3) is 16.7 Å². The maximum absolute atomic E-state index is 12.6. The lowest BCUT2D eigenvalue weighted by molar-refractivity contribution is -0.274. The highest BCUT2D eigenvalue weighted by Gasteiger charge is 2.33. The molecule has 36 heavy (non-hydrogen) atoms. The fourth-order valence-corrected chi connectivity index (χ4v) is 4.03. The Hall–Kier alpha value is -3.54. The van der Waals surface area contributed by atoms with Crippen molar-refractivity contribution < 1.29 is 32.5 Å². The number of amides is 1. The Bertz CT molecular complexity index is 1230. The first-order valence-electron chi connectivity index (χ1n) is 11.4. The Balaban J connectivity index is 1.72. The number of fused-ring (bicyclic) bond motifs is 1. The van der Waals surface area contributed by atoms with Gasteiger partial charge in [0, 0.05) is 19.3 Å². The van der Waals surface area contributed by atoms with Crippen LogP contribution in [0.3, 0.4) is 0 Å². The predicted octanol–water partition coefficient (Wildman–Crippen LogP) is 4.30. The van der Waals surface area contributed by atoms with Gasteiger partial charge in [-0.25, -0.2) is 14.5 Å². The van der Waals surface area contributed by atoms with Gasteiger partial charge in [0.25, 0.3) is 0 Å².